The van der Waals surface area contributed by atoms with E-state index >= 15 is 0 Å². The summed E-state index contributed by atoms with van der Waals surface area (Å²) in [6.45, 7) is 11.4. The van der Waals surface area contributed by atoms with Gasteiger partial charge in [-0.3, -0.25) is 4.89 Å². The van der Waals surface area contributed by atoms with Crippen LogP contribution in [0.15, 0.2) is 0 Å². The molecule has 0 N–H and O–H groups in total. The average Bonchev–Trinajstić information content (AvgIpc) is 2.25. The highest BCUT2D eigenvalue weighted by molar-refractivity contribution is 5.59. The van der Waals surface area contributed by atoms with Gasteiger partial charge in [0.2, 0.25) is 0 Å². The SMILES string of the molecule is CCC(C)(C)OC(=O)OOC(C)(CC)CC. The van der Waals surface area contributed by atoms with Gasteiger partial charge in [-0.25, -0.2) is 4.79 Å². The molecule has 0 saturated heterocycles. The molecule has 0 radical (unpaired) electrons. The van der Waals surface area contributed by atoms with E-state index in [-0.39, 0.29) is 0 Å². The van der Waals surface area contributed by atoms with Gasteiger partial charge in [-0.2, -0.15) is 4.89 Å². The molecule has 96 valence electrons. The predicted molar refractivity (Wildman–Crippen MR) is 62.0 cm³/mol. The van der Waals surface area contributed by atoms with Crippen LogP contribution in [0.1, 0.15) is 60.8 Å². The van der Waals surface area contributed by atoms with Crippen LogP contribution in [-0.2, 0) is 14.5 Å². The number of hydrogen-bond donors (Lipinski definition) is 0. The quantitative estimate of drug-likeness (QED) is 0.396. The van der Waals surface area contributed by atoms with Gasteiger partial charge >= 0.3 is 6.16 Å². The van der Waals surface area contributed by atoms with Crippen molar-refractivity contribution >= 4 is 6.16 Å². The zero-order valence-corrected chi connectivity index (χ0v) is 11.3. The van der Waals surface area contributed by atoms with E-state index in [1.54, 1.807) is 0 Å². The molecule has 16 heavy (non-hydrogen) atoms. The van der Waals surface area contributed by atoms with E-state index in [1.807, 2.05) is 41.5 Å². The minimum atomic E-state index is -0.778. The molecule has 0 aromatic rings. The van der Waals surface area contributed by atoms with E-state index in [1.165, 1.54) is 0 Å². The molecule has 0 atom stereocenters. The molecule has 0 bridgehead atoms. The van der Waals surface area contributed by atoms with Gasteiger partial charge in [-0.15, -0.1) is 0 Å². The highest BCUT2D eigenvalue weighted by atomic mass is 17.2. The van der Waals surface area contributed by atoms with E-state index in [4.69, 9.17) is 9.62 Å². The second-order valence-electron chi connectivity index (χ2n) is 4.79. The lowest BCUT2D eigenvalue weighted by Gasteiger charge is -2.26. The Morgan fingerprint density at radius 3 is 1.88 bits per heavy atom. The molecule has 0 saturated carbocycles. The van der Waals surface area contributed by atoms with E-state index in [9.17, 15) is 4.79 Å². The van der Waals surface area contributed by atoms with Gasteiger partial charge < -0.3 is 4.74 Å². The van der Waals surface area contributed by atoms with Gasteiger partial charge in [0.1, 0.15) is 11.2 Å². The summed E-state index contributed by atoms with van der Waals surface area (Å²) < 4.78 is 5.09. The Balaban J connectivity index is 4.08. The van der Waals surface area contributed by atoms with Crippen molar-refractivity contribution in [1.29, 1.82) is 0 Å². The first-order chi connectivity index (χ1) is 7.28. The molecule has 0 aliphatic carbocycles. The van der Waals surface area contributed by atoms with E-state index < -0.39 is 17.4 Å². The molecule has 0 fully saturated rings. The lowest BCUT2D eigenvalue weighted by Crippen LogP contribution is -2.32. The Labute approximate surface area is 98.2 Å². The number of hydrogen-bond acceptors (Lipinski definition) is 4. The maximum Gasteiger partial charge on any atom is 0.541 e. The van der Waals surface area contributed by atoms with Crippen LogP contribution in [0.4, 0.5) is 4.79 Å². The molecule has 0 aliphatic heterocycles. The second-order valence-corrected chi connectivity index (χ2v) is 4.79. The van der Waals surface area contributed by atoms with Gasteiger partial charge in [-0.05, 0) is 40.0 Å². The van der Waals surface area contributed by atoms with Crippen molar-refractivity contribution in [3.63, 3.8) is 0 Å². The van der Waals surface area contributed by atoms with Crippen LogP contribution in [0, 0.1) is 0 Å². The topological polar surface area (TPSA) is 44.8 Å². The number of ether oxygens (including phenoxy) is 1. The molecule has 0 amide bonds. The van der Waals surface area contributed by atoms with Crippen molar-refractivity contribution in [2.24, 2.45) is 0 Å². The maximum absolute atomic E-state index is 11.3. The van der Waals surface area contributed by atoms with Crippen molar-refractivity contribution in [3.8, 4) is 0 Å². The van der Waals surface area contributed by atoms with Crippen LogP contribution < -0.4 is 0 Å². The third-order valence-corrected chi connectivity index (χ3v) is 3.02. The normalized spacial score (nSPS) is 12.4. The molecule has 0 aromatic carbocycles. The van der Waals surface area contributed by atoms with Crippen LogP contribution in [0.25, 0.3) is 0 Å². The van der Waals surface area contributed by atoms with Crippen LogP contribution in [0.2, 0.25) is 0 Å². The zero-order chi connectivity index (χ0) is 12.8. The Morgan fingerprint density at radius 2 is 1.50 bits per heavy atom. The summed E-state index contributed by atoms with van der Waals surface area (Å²) >= 11 is 0. The Kier molecular flexibility index (Phi) is 5.79. The smallest absolute Gasteiger partial charge is 0.426 e. The molecule has 0 spiro atoms. The number of carbonyl (C=O) groups excluding carboxylic acids is 1. The standard InChI is InChI=1S/C12H24O4/c1-7-11(4,5)14-10(13)15-16-12(6,8-2)9-3/h7-9H2,1-6H3. The van der Waals surface area contributed by atoms with E-state index in [0.717, 1.165) is 19.3 Å². The first kappa shape index (κ1) is 15.2. The van der Waals surface area contributed by atoms with Crippen LogP contribution in [0.3, 0.4) is 0 Å². The van der Waals surface area contributed by atoms with Crippen LogP contribution in [0.5, 0.6) is 0 Å². The first-order valence-electron chi connectivity index (χ1n) is 5.87. The summed E-state index contributed by atoms with van der Waals surface area (Å²) in [6, 6.07) is 0. The molecule has 4 nitrogen and oxygen atoms in total. The molecule has 4 heteroatoms. The number of carbonyl (C=O) groups is 1. The fourth-order valence-corrected chi connectivity index (χ4v) is 0.817. The van der Waals surface area contributed by atoms with Crippen molar-refractivity contribution in [2.45, 2.75) is 72.0 Å². The predicted octanol–water partition coefficient (Wildman–Crippen LogP) is 3.84. The summed E-state index contributed by atoms with van der Waals surface area (Å²) in [6.07, 6.45) is 1.49. The third-order valence-electron chi connectivity index (χ3n) is 3.02. The molecular formula is C12H24O4. The fraction of sp³-hybridized carbons (Fsp3) is 0.917. The summed E-state index contributed by atoms with van der Waals surface area (Å²) in [5.74, 6) is 0. The van der Waals surface area contributed by atoms with Gasteiger partial charge in [0, 0.05) is 0 Å². The van der Waals surface area contributed by atoms with E-state index in [0.29, 0.717) is 0 Å². The Bertz CT molecular complexity index is 219. The third kappa shape index (κ3) is 5.35. The summed E-state index contributed by atoms with van der Waals surface area (Å²) in [4.78, 5) is 21.1. The minimum absolute atomic E-state index is 0.435. The van der Waals surface area contributed by atoms with Gasteiger partial charge in [0.05, 0.1) is 0 Å². The monoisotopic (exact) mass is 232 g/mol. The largest absolute Gasteiger partial charge is 0.541 e. The lowest BCUT2D eigenvalue weighted by molar-refractivity contribution is -0.327. The lowest BCUT2D eigenvalue weighted by atomic mass is 10.0. The minimum Gasteiger partial charge on any atom is -0.426 e. The molecule has 0 heterocycles. The van der Waals surface area contributed by atoms with Crippen molar-refractivity contribution < 1.29 is 19.3 Å². The highest BCUT2D eigenvalue weighted by Gasteiger charge is 2.27. The number of rotatable bonds is 6. The van der Waals surface area contributed by atoms with Crippen molar-refractivity contribution in [1.82, 2.24) is 0 Å². The van der Waals surface area contributed by atoms with Gasteiger partial charge in [-0.1, -0.05) is 20.8 Å². The van der Waals surface area contributed by atoms with Gasteiger partial charge in [0.15, 0.2) is 0 Å². The van der Waals surface area contributed by atoms with Crippen LogP contribution in [-0.4, -0.2) is 17.4 Å². The van der Waals surface area contributed by atoms with Crippen LogP contribution >= 0.6 is 0 Å². The second kappa shape index (κ2) is 6.09. The molecule has 0 rings (SSSR count). The Hall–Kier alpha value is -0.770. The van der Waals surface area contributed by atoms with Crippen molar-refractivity contribution in [3.05, 3.63) is 0 Å². The first-order valence-corrected chi connectivity index (χ1v) is 5.87. The summed E-state index contributed by atoms with van der Waals surface area (Å²) in [5.41, 5.74) is -0.954. The van der Waals surface area contributed by atoms with Gasteiger partial charge in [0.25, 0.3) is 0 Å². The fourth-order valence-electron chi connectivity index (χ4n) is 0.817. The molecule has 0 unspecified atom stereocenters. The maximum atomic E-state index is 11.3. The summed E-state index contributed by atoms with van der Waals surface area (Å²) in [7, 11) is 0. The van der Waals surface area contributed by atoms with Crippen molar-refractivity contribution in [2.75, 3.05) is 0 Å². The molecule has 0 aliphatic rings. The van der Waals surface area contributed by atoms with E-state index in [2.05, 4.69) is 4.89 Å². The highest BCUT2D eigenvalue weighted by Crippen LogP contribution is 2.21. The average molecular weight is 232 g/mol. The molecule has 0 aromatic heterocycles. The molecular weight excluding hydrogens is 208 g/mol. The summed E-state index contributed by atoms with van der Waals surface area (Å²) in [5, 5.41) is 0. The zero-order valence-electron chi connectivity index (χ0n) is 11.3. The Morgan fingerprint density at radius 1 is 1.00 bits per heavy atom.